The molecule has 0 aliphatic carbocycles. The number of aromatic nitrogens is 1. The van der Waals surface area contributed by atoms with Crippen LogP contribution in [0.2, 0.25) is 0 Å². The molecule has 0 aliphatic heterocycles. The number of carboxylic acid groups (broad SMARTS) is 1. The molecule has 0 bridgehead atoms. The van der Waals surface area contributed by atoms with Gasteiger partial charge in [-0.25, -0.2) is 22.9 Å². The Morgan fingerprint density at radius 3 is 2.68 bits per heavy atom. The van der Waals surface area contributed by atoms with Crippen molar-refractivity contribution in [2.45, 2.75) is 6.54 Å². The molecule has 0 amide bonds. The minimum Gasteiger partial charge on any atom is -0.476 e. The standard InChI is InChI=1S/C11H7F3N2O2S/c12-6-1-2-7(9(14)8(6)13)15-3-5-4-19-10(16-5)11(17)18/h1-2,4,15H,3H2,(H,17,18). The molecule has 2 rings (SSSR count). The molecule has 8 heteroatoms. The number of thiazole rings is 1. The molecular weight excluding hydrogens is 281 g/mol. The Hall–Kier alpha value is -2.09. The third-order valence-corrected chi connectivity index (χ3v) is 3.11. The van der Waals surface area contributed by atoms with Crippen molar-refractivity contribution in [3.63, 3.8) is 0 Å². The molecule has 0 atom stereocenters. The van der Waals surface area contributed by atoms with Gasteiger partial charge < -0.3 is 10.4 Å². The van der Waals surface area contributed by atoms with E-state index in [1.165, 1.54) is 5.38 Å². The summed E-state index contributed by atoms with van der Waals surface area (Å²) >= 11 is 0.924. The molecule has 0 radical (unpaired) electrons. The lowest BCUT2D eigenvalue weighted by atomic mass is 10.2. The number of nitrogens with zero attached hydrogens (tertiary/aromatic N) is 1. The van der Waals surface area contributed by atoms with Gasteiger partial charge in [0.1, 0.15) is 0 Å². The maximum atomic E-state index is 13.3. The molecule has 2 aromatic rings. The lowest BCUT2D eigenvalue weighted by Gasteiger charge is -2.06. The quantitative estimate of drug-likeness (QED) is 0.849. The Kier molecular flexibility index (Phi) is 3.70. The van der Waals surface area contributed by atoms with E-state index in [0.717, 1.165) is 23.5 Å². The molecule has 0 spiro atoms. The molecule has 4 nitrogen and oxygen atoms in total. The zero-order valence-electron chi connectivity index (χ0n) is 9.28. The van der Waals surface area contributed by atoms with Crippen molar-refractivity contribution < 1.29 is 23.1 Å². The van der Waals surface area contributed by atoms with Gasteiger partial charge in [-0.2, -0.15) is 0 Å². The number of hydrogen-bond acceptors (Lipinski definition) is 4. The third kappa shape index (κ3) is 2.84. The highest BCUT2D eigenvalue weighted by Gasteiger charge is 2.14. The first-order valence-electron chi connectivity index (χ1n) is 5.04. The first kappa shape index (κ1) is 13.3. The van der Waals surface area contributed by atoms with E-state index in [1.54, 1.807) is 0 Å². The topological polar surface area (TPSA) is 62.2 Å². The van der Waals surface area contributed by atoms with E-state index in [1.807, 2.05) is 0 Å². The first-order valence-corrected chi connectivity index (χ1v) is 5.92. The van der Waals surface area contributed by atoms with Crippen LogP contribution in [0.4, 0.5) is 18.9 Å². The number of nitrogens with one attached hydrogen (secondary N) is 1. The molecule has 1 aromatic heterocycles. The van der Waals surface area contributed by atoms with E-state index in [0.29, 0.717) is 5.69 Å². The van der Waals surface area contributed by atoms with Gasteiger partial charge in [0.15, 0.2) is 17.5 Å². The van der Waals surface area contributed by atoms with Gasteiger partial charge in [-0.15, -0.1) is 11.3 Å². The number of carbonyl (C=O) groups is 1. The van der Waals surface area contributed by atoms with Crippen molar-refractivity contribution in [3.8, 4) is 0 Å². The number of benzene rings is 1. The largest absolute Gasteiger partial charge is 0.476 e. The Morgan fingerprint density at radius 1 is 1.32 bits per heavy atom. The summed E-state index contributed by atoms with van der Waals surface area (Å²) in [7, 11) is 0. The molecule has 0 unspecified atom stereocenters. The summed E-state index contributed by atoms with van der Waals surface area (Å²) in [4.78, 5) is 14.4. The molecule has 1 aromatic carbocycles. The second-order valence-corrected chi connectivity index (χ2v) is 4.38. The lowest BCUT2D eigenvalue weighted by molar-refractivity contribution is 0.0696. The van der Waals surface area contributed by atoms with Crippen LogP contribution in [-0.4, -0.2) is 16.1 Å². The van der Waals surface area contributed by atoms with E-state index < -0.39 is 23.4 Å². The van der Waals surface area contributed by atoms with Gasteiger partial charge >= 0.3 is 5.97 Å². The van der Waals surface area contributed by atoms with Gasteiger partial charge in [-0.1, -0.05) is 0 Å². The summed E-state index contributed by atoms with van der Waals surface area (Å²) in [5, 5.41) is 12.6. The highest BCUT2D eigenvalue weighted by molar-refractivity contribution is 7.11. The van der Waals surface area contributed by atoms with Crippen LogP contribution in [0.1, 0.15) is 15.5 Å². The van der Waals surface area contributed by atoms with Gasteiger partial charge in [-0.05, 0) is 12.1 Å². The fraction of sp³-hybridized carbons (Fsp3) is 0.0909. The van der Waals surface area contributed by atoms with Crippen LogP contribution in [-0.2, 0) is 6.54 Å². The van der Waals surface area contributed by atoms with E-state index >= 15 is 0 Å². The van der Waals surface area contributed by atoms with Gasteiger partial charge in [0.05, 0.1) is 17.9 Å². The SMILES string of the molecule is O=C(O)c1nc(CNc2ccc(F)c(F)c2F)cs1. The summed E-state index contributed by atoms with van der Waals surface area (Å²) in [6, 6.07) is 1.85. The summed E-state index contributed by atoms with van der Waals surface area (Å²) in [5.74, 6) is -5.32. The average Bonchev–Trinajstić information content (AvgIpc) is 2.84. The third-order valence-electron chi connectivity index (χ3n) is 2.23. The zero-order chi connectivity index (χ0) is 14.0. The lowest BCUT2D eigenvalue weighted by Crippen LogP contribution is -2.05. The van der Waals surface area contributed by atoms with Crippen LogP contribution in [0.5, 0.6) is 0 Å². The van der Waals surface area contributed by atoms with Crippen LogP contribution >= 0.6 is 11.3 Å². The maximum Gasteiger partial charge on any atom is 0.365 e. The smallest absolute Gasteiger partial charge is 0.365 e. The molecule has 0 aliphatic rings. The van der Waals surface area contributed by atoms with Crippen molar-refractivity contribution in [1.82, 2.24) is 4.98 Å². The normalized spacial score (nSPS) is 10.5. The monoisotopic (exact) mass is 288 g/mol. The molecule has 19 heavy (non-hydrogen) atoms. The number of rotatable bonds is 4. The minimum absolute atomic E-state index is 0.00573. The second-order valence-electron chi connectivity index (χ2n) is 3.53. The van der Waals surface area contributed by atoms with Gasteiger partial charge in [-0.3, -0.25) is 0 Å². The Labute approximate surface area is 109 Å². The molecule has 1 heterocycles. The second kappa shape index (κ2) is 5.27. The summed E-state index contributed by atoms with van der Waals surface area (Å²) in [6.45, 7) is 0.00573. The fourth-order valence-electron chi connectivity index (χ4n) is 1.33. The van der Waals surface area contributed by atoms with Crippen LogP contribution in [0.15, 0.2) is 17.5 Å². The van der Waals surface area contributed by atoms with E-state index in [9.17, 15) is 18.0 Å². The minimum atomic E-state index is -1.56. The predicted octanol–water partition coefficient (Wildman–Crippen LogP) is 2.87. The summed E-state index contributed by atoms with van der Waals surface area (Å²) in [6.07, 6.45) is 0. The highest BCUT2D eigenvalue weighted by Crippen LogP contribution is 2.20. The van der Waals surface area contributed by atoms with E-state index in [2.05, 4.69) is 10.3 Å². The maximum absolute atomic E-state index is 13.3. The zero-order valence-corrected chi connectivity index (χ0v) is 10.1. The molecule has 0 saturated carbocycles. The number of anilines is 1. The Balaban J connectivity index is 2.10. The molecule has 100 valence electrons. The number of halogens is 3. The van der Waals surface area contributed by atoms with Crippen molar-refractivity contribution in [3.05, 3.63) is 45.7 Å². The van der Waals surface area contributed by atoms with Crippen LogP contribution in [0.3, 0.4) is 0 Å². The Morgan fingerprint density at radius 2 is 2.05 bits per heavy atom. The van der Waals surface area contributed by atoms with Crippen molar-refractivity contribution in [2.24, 2.45) is 0 Å². The number of aromatic carboxylic acids is 1. The molecule has 0 saturated heterocycles. The Bertz CT molecular complexity index is 630. The average molecular weight is 288 g/mol. The van der Waals surface area contributed by atoms with Crippen molar-refractivity contribution >= 4 is 23.0 Å². The fourth-order valence-corrected chi connectivity index (χ4v) is 1.99. The number of hydrogen-bond donors (Lipinski definition) is 2. The molecular formula is C11H7F3N2O2S. The van der Waals surface area contributed by atoms with Gasteiger partial charge in [0.25, 0.3) is 0 Å². The highest BCUT2D eigenvalue weighted by atomic mass is 32.1. The van der Waals surface area contributed by atoms with Gasteiger partial charge in [0.2, 0.25) is 5.01 Å². The van der Waals surface area contributed by atoms with Crippen LogP contribution in [0, 0.1) is 17.5 Å². The first-order chi connectivity index (χ1) is 8.99. The number of carboxylic acids is 1. The predicted molar refractivity (Wildman–Crippen MR) is 62.7 cm³/mol. The van der Waals surface area contributed by atoms with Crippen molar-refractivity contribution in [2.75, 3.05) is 5.32 Å². The summed E-state index contributed by atoms with van der Waals surface area (Å²) < 4.78 is 39.0. The van der Waals surface area contributed by atoms with E-state index in [4.69, 9.17) is 5.11 Å². The molecule has 0 fully saturated rings. The van der Waals surface area contributed by atoms with Crippen molar-refractivity contribution in [1.29, 1.82) is 0 Å². The van der Waals surface area contributed by atoms with Crippen LogP contribution in [0.25, 0.3) is 0 Å². The molecule has 2 N–H and O–H groups in total. The van der Waals surface area contributed by atoms with E-state index in [-0.39, 0.29) is 17.2 Å². The summed E-state index contributed by atoms with van der Waals surface area (Å²) in [5.41, 5.74) is 0.148. The van der Waals surface area contributed by atoms with Crippen LogP contribution < -0.4 is 5.32 Å². The van der Waals surface area contributed by atoms with Gasteiger partial charge in [0, 0.05) is 5.38 Å².